The highest BCUT2D eigenvalue weighted by Crippen LogP contribution is 2.00. The van der Waals surface area contributed by atoms with Gasteiger partial charge in [0, 0.05) is 18.2 Å². The normalized spacial score (nSPS) is 10.8. The number of ether oxygens (including phenoxy) is 1. The summed E-state index contributed by atoms with van der Waals surface area (Å²) in [7, 11) is 0. The lowest BCUT2D eigenvalue weighted by Crippen LogP contribution is -2.14. The van der Waals surface area contributed by atoms with Gasteiger partial charge in [0.2, 0.25) is 0 Å². The molecular formula is C11H14N4O3. The van der Waals surface area contributed by atoms with Gasteiger partial charge in [-0.1, -0.05) is 0 Å². The molecule has 0 aliphatic heterocycles. The van der Waals surface area contributed by atoms with E-state index >= 15 is 0 Å². The molecule has 0 atom stereocenters. The molecule has 0 aliphatic carbocycles. The van der Waals surface area contributed by atoms with E-state index in [2.05, 4.69) is 15.1 Å². The van der Waals surface area contributed by atoms with E-state index in [9.17, 15) is 9.59 Å². The van der Waals surface area contributed by atoms with Crippen LogP contribution in [-0.2, 0) is 16.0 Å². The zero-order valence-electron chi connectivity index (χ0n) is 10.3. The summed E-state index contributed by atoms with van der Waals surface area (Å²) in [6.07, 6.45) is 0.613. The van der Waals surface area contributed by atoms with Crippen LogP contribution in [0, 0.1) is 6.92 Å². The van der Waals surface area contributed by atoms with E-state index in [0.29, 0.717) is 30.3 Å². The molecule has 0 aliphatic rings. The Kier molecular flexibility index (Phi) is 3.40. The maximum absolute atomic E-state index is 11.6. The van der Waals surface area contributed by atoms with Crippen molar-refractivity contribution in [3.8, 4) is 0 Å². The first-order valence-electron chi connectivity index (χ1n) is 5.71. The lowest BCUT2D eigenvalue weighted by atomic mass is 10.3. The molecule has 96 valence electrons. The van der Waals surface area contributed by atoms with Gasteiger partial charge in [-0.05, 0) is 13.8 Å². The average molecular weight is 250 g/mol. The van der Waals surface area contributed by atoms with Gasteiger partial charge >= 0.3 is 5.97 Å². The van der Waals surface area contributed by atoms with Gasteiger partial charge in [-0.25, -0.2) is 4.98 Å². The van der Waals surface area contributed by atoms with Gasteiger partial charge in [0.1, 0.15) is 5.82 Å². The van der Waals surface area contributed by atoms with Crippen LogP contribution in [0.4, 0.5) is 0 Å². The van der Waals surface area contributed by atoms with Gasteiger partial charge < -0.3 is 4.74 Å². The summed E-state index contributed by atoms with van der Waals surface area (Å²) in [6, 6.07) is 1.42. The van der Waals surface area contributed by atoms with E-state index < -0.39 is 0 Å². The third-order valence-electron chi connectivity index (χ3n) is 2.38. The zero-order valence-corrected chi connectivity index (χ0v) is 10.3. The Morgan fingerprint density at radius 1 is 1.50 bits per heavy atom. The Morgan fingerprint density at radius 2 is 2.28 bits per heavy atom. The summed E-state index contributed by atoms with van der Waals surface area (Å²) in [5.41, 5.74) is 0.399. The van der Waals surface area contributed by atoms with Crippen LogP contribution in [-0.4, -0.2) is 32.2 Å². The Hall–Kier alpha value is -2.18. The van der Waals surface area contributed by atoms with Crippen molar-refractivity contribution in [2.45, 2.75) is 26.7 Å². The summed E-state index contributed by atoms with van der Waals surface area (Å²) < 4.78 is 6.07. The molecule has 18 heavy (non-hydrogen) atoms. The van der Waals surface area contributed by atoms with E-state index in [1.54, 1.807) is 13.8 Å². The lowest BCUT2D eigenvalue weighted by molar-refractivity contribution is -0.143. The number of nitrogens with zero attached hydrogens (tertiary/aromatic N) is 3. The second-order valence-corrected chi connectivity index (χ2v) is 3.85. The minimum atomic E-state index is -0.283. The Labute approximate surface area is 103 Å². The second-order valence-electron chi connectivity index (χ2n) is 3.85. The number of carbonyl (C=O) groups is 1. The Bertz CT molecular complexity index is 629. The van der Waals surface area contributed by atoms with Gasteiger partial charge in [-0.15, -0.1) is 0 Å². The lowest BCUT2D eigenvalue weighted by Gasteiger charge is -1.98. The molecule has 2 rings (SSSR count). The molecule has 2 aromatic heterocycles. The topological polar surface area (TPSA) is 89.3 Å². The largest absolute Gasteiger partial charge is 0.466 e. The molecule has 1 N–H and O–H groups in total. The van der Waals surface area contributed by atoms with Crippen molar-refractivity contribution in [1.29, 1.82) is 0 Å². The van der Waals surface area contributed by atoms with Crippen molar-refractivity contribution in [1.82, 2.24) is 19.6 Å². The van der Waals surface area contributed by atoms with Crippen LogP contribution in [0.25, 0.3) is 5.78 Å². The molecule has 0 spiro atoms. The summed E-state index contributed by atoms with van der Waals surface area (Å²) >= 11 is 0. The number of aromatic amines is 1. The highest BCUT2D eigenvalue weighted by molar-refractivity contribution is 5.69. The number of hydrogen-bond donors (Lipinski definition) is 1. The van der Waals surface area contributed by atoms with E-state index in [0.717, 1.165) is 0 Å². The molecule has 7 nitrogen and oxygen atoms in total. The van der Waals surface area contributed by atoms with Gasteiger partial charge in [0.05, 0.1) is 13.0 Å². The van der Waals surface area contributed by atoms with E-state index in [1.807, 2.05) is 0 Å². The van der Waals surface area contributed by atoms with Crippen LogP contribution in [0.5, 0.6) is 0 Å². The predicted octanol–water partition coefficient (Wildman–Crippen LogP) is 0.222. The summed E-state index contributed by atoms with van der Waals surface area (Å²) in [5.74, 6) is 0.576. The number of rotatable bonds is 4. The number of hydrogen-bond acceptors (Lipinski definition) is 5. The number of esters is 1. The number of H-pyrrole nitrogens is 1. The summed E-state index contributed by atoms with van der Waals surface area (Å²) in [5, 5.41) is 2.81. The maximum atomic E-state index is 11.6. The molecule has 0 saturated carbocycles. The highest BCUT2D eigenvalue weighted by Gasteiger charge is 2.08. The number of aryl methyl sites for hydroxylation is 2. The van der Waals surface area contributed by atoms with Crippen LogP contribution in [0.2, 0.25) is 0 Å². The zero-order chi connectivity index (χ0) is 13.1. The number of fused-ring (bicyclic) bond motifs is 1. The SMILES string of the molecule is CCOC(=O)CCc1nc2nc(C)cc(=O)n2[nH]1. The molecule has 2 aromatic rings. The fraction of sp³-hybridized carbons (Fsp3) is 0.455. The molecule has 7 heteroatoms. The van der Waals surface area contributed by atoms with Gasteiger partial charge in [-0.2, -0.15) is 9.50 Å². The molecule has 2 heterocycles. The first-order chi connectivity index (χ1) is 8.60. The first-order valence-corrected chi connectivity index (χ1v) is 5.71. The molecule has 0 saturated heterocycles. The molecular weight excluding hydrogens is 236 g/mol. The Morgan fingerprint density at radius 3 is 3.00 bits per heavy atom. The molecule has 0 fully saturated rings. The van der Waals surface area contributed by atoms with Crippen molar-refractivity contribution >= 4 is 11.7 Å². The number of nitrogens with one attached hydrogen (secondary N) is 1. The van der Waals surface area contributed by atoms with E-state index in [1.165, 1.54) is 10.6 Å². The van der Waals surface area contributed by atoms with Crippen molar-refractivity contribution in [2.75, 3.05) is 6.61 Å². The van der Waals surface area contributed by atoms with Gasteiger partial charge in [0.15, 0.2) is 0 Å². The highest BCUT2D eigenvalue weighted by atomic mass is 16.5. The molecule has 0 radical (unpaired) electrons. The van der Waals surface area contributed by atoms with Gasteiger partial charge in [0.25, 0.3) is 11.3 Å². The van der Waals surface area contributed by atoms with Crippen molar-refractivity contribution in [3.63, 3.8) is 0 Å². The second kappa shape index (κ2) is 4.99. The Balaban J connectivity index is 2.18. The fourth-order valence-electron chi connectivity index (χ4n) is 1.60. The molecule has 0 bridgehead atoms. The van der Waals surface area contributed by atoms with Crippen LogP contribution in [0.3, 0.4) is 0 Å². The smallest absolute Gasteiger partial charge is 0.306 e. The van der Waals surface area contributed by atoms with Crippen molar-refractivity contribution in [2.24, 2.45) is 0 Å². The predicted molar refractivity (Wildman–Crippen MR) is 63.3 cm³/mol. The van der Waals surface area contributed by atoms with Crippen LogP contribution >= 0.6 is 0 Å². The number of carbonyl (C=O) groups excluding carboxylic acids is 1. The van der Waals surface area contributed by atoms with Crippen molar-refractivity contribution < 1.29 is 9.53 Å². The summed E-state index contributed by atoms with van der Waals surface area (Å²) in [6.45, 7) is 3.85. The average Bonchev–Trinajstić information content (AvgIpc) is 2.70. The van der Waals surface area contributed by atoms with Crippen LogP contribution in [0.1, 0.15) is 24.9 Å². The van der Waals surface area contributed by atoms with Crippen LogP contribution in [0.15, 0.2) is 10.9 Å². The minimum absolute atomic E-state index is 0.215. The summed E-state index contributed by atoms with van der Waals surface area (Å²) in [4.78, 5) is 31.1. The quantitative estimate of drug-likeness (QED) is 0.784. The van der Waals surface area contributed by atoms with Crippen LogP contribution < -0.4 is 5.56 Å². The van der Waals surface area contributed by atoms with Crippen molar-refractivity contribution in [3.05, 3.63) is 27.9 Å². The maximum Gasteiger partial charge on any atom is 0.306 e. The third kappa shape index (κ3) is 2.55. The first kappa shape index (κ1) is 12.3. The number of aromatic nitrogens is 4. The minimum Gasteiger partial charge on any atom is -0.466 e. The molecule has 0 aromatic carbocycles. The van der Waals surface area contributed by atoms with E-state index in [4.69, 9.17) is 4.74 Å². The third-order valence-corrected chi connectivity index (χ3v) is 2.38. The molecule has 0 amide bonds. The monoisotopic (exact) mass is 250 g/mol. The van der Waals surface area contributed by atoms with Gasteiger partial charge in [-0.3, -0.25) is 14.7 Å². The van der Waals surface area contributed by atoms with E-state index in [-0.39, 0.29) is 17.9 Å². The fourth-order valence-corrected chi connectivity index (χ4v) is 1.60. The molecule has 0 unspecified atom stereocenters. The standard InChI is InChI=1S/C11H14N4O3/c1-3-18-10(17)5-4-8-13-11-12-7(2)6-9(16)15(11)14-8/h6H,3-5H2,1-2H3,(H,12,13,14).